The molecule has 0 spiro atoms. The monoisotopic (exact) mass is 301 g/mol. The third kappa shape index (κ3) is 3.37. The molecule has 8 heteroatoms. The molecular weight excluding hydrogens is 282 g/mol. The van der Waals surface area contributed by atoms with Crippen molar-refractivity contribution in [2.45, 2.75) is 18.9 Å². The Morgan fingerprint density at radius 2 is 2.20 bits per heavy atom. The Bertz CT molecular complexity index is 576. The van der Waals surface area contributed by atoms with Crippen LogP contribution >= 0.6 is 0 Å². The summed E-state index contributed by atoms with van der Waals surface area (Å²) < 4.78 is 33.1. The normalized spacial score (nSPS) is 22.4. The van der Waals surface area contributed by atoms with Crippen molar-refractivity contribution in [1.82, 2.24) is 9.97 Å². The van der Waals surface area contributed by atoms with E-state index in [4.69, 9.17) is 15.2 Å². The number of methoxy groups -OCH3 is 2. The first-order valence-electron chi connectivity index (χ1n) is 6.36. The van der Waals surface area contributed by atoms with E-state index in [0.29, 0.717) is 30.3 Å². The minimum Gasteiger partial charge on any atom is -0.480 e. The van der Waals surface area contributed by atoms with E-state index >= 15 is 0 Å². The van der Waals surface area contributed by atoms with E-state index < -0.39 is 15.9 Å². The van der Waals surface area contributed by atoms with Gasteiger partial charge >= 0.3 is 0 Å². The molecule has 7 nitrogen and oxygen atoms in total. The Hall–Kier alpha value is -1.41. The van der Waals surface area contributed by atoms with Crippen LogP contribution in [0.5, 0.6) is 11.8 Å². The molecule has 2 heterocycles. The molecule has 1 aliphatic rings. The Labute approximate surface area is 118 Å². The van der Waals surface area contributed by atoms with Gasteiger partial charge in [0.2, 0.25) is 11.8 Å². The van der Waals surface area contributed by atoms with Gasteiger partial charge in [0.1, 0.15) is 5.69 Å². The van der Waals surface area contributed by atoms with E-state index in [0.717, 1.165) is 0 Å². The van der Waals surface area contributed by atoms with Crippen molar-refractivity contribution >= 4 is 9.84 Å². The van der Waals surface area contributed by atoms with Crippen LogP contribution in [-0.2, 0) is 9.84 Å². The number of rotatable bonds is 5. The minimum atomic E-state index is -2.89. The molecule has 2 N–H and O–H groups in total. The van der Waals surface area contributed by atoms with E-state index in [9.17, 15) is 8.42 Å². The summed E-state index contributed by atoms with van der Waals surface area (Å²) in [5, 5.41) is 0. The van der Waals surface area contributed by atoms with Crippen molar-refractivity contribution in [3.63, 3.8) is 0 Å². The van der Waals surface area contributed by atoms with Gasteiger partial charge < -0.3 is 15.2 Å². The molecule has 1 fully saturated rings. The van der Waals surface area contributed by atoms with Crippen molar-refractivity contribution in [2.24, 2.45) is 11.7 Å². The smallest absolute Gasteiger partial charge is 0.240 e. The second kappa shape index (κ2) is 5.92. The number of aromatic nitrogens is 2. The first-order valence-corrected chi connectivity index (χ1v) is 8.18. The summed E-state index contributed by atoms with van der Waals surface area (Å²) in [5.41, 5.74) is 6.64. The van der Waals surface area contributed by atoms with Gasteiger partial charge in [-0.05, 0) is 18.8 Å². The molecule has 0 radical (unpaired) electrons. The van der Waals surface area contributed by atoms with Crippen LogP contribution in [0.1, 0.15) is 24.6 Å². The van der Waals surface area contributed by atoms with Gasteiger partial charge in [-0.25, -0.2) is 13.4 Å². The summed E-state index contributed by atoms with van der Waals surface area (Å²) in [6, 6.07) is -0.401. The van der Waals surface area contributed by atoms with Crippen LogP contribution in [0, 0.1) is 5.92 Å². The maximum Gasteiger partial charge on any atom is 0.240 e. The molecule has 1 aromatic rings. The SMILES string of the molecule is COc1cnc(C(N)CC2CCS(=O)(=O)C2)c(OC)n1. The zero-order chi connectivity index (χ0) is 14.8. The maximum atomic E-state index is 11.5. The Morgan fingerprint density at radius 3 is 2.75 bits per heavy atom. The molecule has 112 valence electrons. The second-order valence-corrected chi connectivity index (χ2v) is 7.15. The molecule has 1 aliphatic heterocycles. The highest BCUT2D eigenvalue weighted by atomic mass is 32.2. The third-order valence-corrected chi connectivity index (χ3v) is 5.25. The van der Waals surface area contributed by atoms with Crippen LogP contribution in [-0.4, -0.2) is 44.1 Å². The highest BCUT2D eigenvalue weighted by Crippen LogP contribution is 2.30. The Kier molecular flexibility index (Phi) is 4.44. The lowest BCUT2D eigenvalue weighted by Crippen LogP contribution is -2.19. The van der Waals surface area contributed by atoms with Crippen LogP contribution in [0.15, 0.2) is 6.20 Å². The van der Waals surface area contributed by atoms with E-state index in [1.807, 2.05) is 0 Å². The van der Waals surface area contributed by atoms with Crippen LogP contribution < -0.4 is 15.2 Å². The second-order valence-electron chi connectivity index (χ2n) is 4.92. The van der Waals surface area contributed by atoms with Gasteiger partial charge in [0.15, 0.2) is 9.84 Å². The van der Waals surface area contributed by atoms with Gasteiger partial charge in [-0.2, -0.15) is 4.98 Å². The molecule has 1 saturated heterocycles. The van der Waals surface area contributed by atoms with Gasteiger partial charge in [0.05, 0.1) is 38.0 Å². The Balaban J connectivity index is 2.11. The number of nitrogens with two attached hydrogens (primary N) is 1. The lowest BCUT2D eigenvalue weighted by atomic mass is 9.98. The molecule has 2 unspecified atom stereocenters. The van der Waals surface area contributed by atoms with Gasteiger partial charge in [0, 0.05) is 0 Å². The number of hydrogen-bond donors (Lipinski definition) is 1. The van der Waals surface area contributed by atoms with E-state index in [1.165, 1.54) is 20.4 Å². The third-order valence-electron chi connectivity index (χ3n) is 3.41. The fourth-order valence-corrected chi connectivity index (χ4v) is 4.28. The van der Waals surface area contributed by atoms with Crippen molar-refractivity contribution < 1.29 is 17.9 Å². The molecule has 0 aromatic carbocycles. The molecule has 1 aromatic heterocycles. The highest BCUT2D eigenvalue weighted by Gasteiger charge is 2.30. The maximum absolute atomic E-state index is 11.5. The molecule has 0 amide bonds. The van der Waals surface area contributed by atoms with Crippen molar-refractivity contribution in [1.29, 1.82) is 0 Å². The average molecular weight is 301 g/mol. The molecule has 0 saturated carbocycles. The predicted molar refractivity (Wildman–Crippen MR) is 73.4 cm³/mol. The summed E-state index contributed by atoms with van der Waals surface area (Å²) in [4.78, 5) is 8.34. The first kappa shape index (κ1) is 15.0. The molecule has 2 atom stereocenters. The molecule has 0 aliphatic carbocycles. The first-order chi connectivity index (χ1) is 9.45. The largest absolute Gasteiger partial charge is 0.480 e. The van der Waals surface area contributed by atoms with Crippen LogP contribution in [0.2, 0.25) is 0 Å². The fourth-order valence-electron chi connectivity index (χ4n) is 2.40. The molecule has 2 rings (SSSR count). The van der Waals surface area contributed by atoms with Crippen LogP contribution in [0.4, 0.5) is 0 Å². The highest BCUT2D eigenvalue weighted by molar-refractivity contribution is 7.91. The lowest BCUT2D eigenvalue weighted by Gasteiger charge is -2.17. The van der Waals surface area contributed by atoms with E-state index in [2.05, 4.69) is 9.97 Å². The summed E-state index contributed by atoms with van der Waals surface area (Å²) in [5.74, 6) is 1.19. The number of nitrogens with zero attached hydrogens (tertiary/aromatic N) is 2. The van der Waals surface area contributed by atoms with E-state index in [1.54, 1.807) is 0 Å². The molecule has 0 bridgehead atoms. The number of sulfone groups is 1. The predicted octanol–water partition coefficient (Wildman–Crippen LogP) is 0.318. The van der Waals surface area contributed by atoms with Gasteiger partial charge in [-0.15, -0.1) is 0 Å². The van der Waals surface area contributed by atoms with Crippen molar-refractivity contribution in [3.8, 4) is 11.8 Å². The summed E-state index contributed by atoms with van der Waals surface area (Å²) in [6.07, 6.45) is 2.68. The van der Waals surface area contributed by atoms with Gasteiger partial charge in [-0.1, -0.05) is 0 Å². The Morgan fingerprint density at radius 1 is 1.45 bits per heavy atom. The zero-order valence-corrected chi connectivity index (χ0v) is 12.4. The van der Waals surface area contributed by atoms with Gasteiger partial charge in [0.25, 0.3) is 0 Å². The van der Waals surface area contributed by atoms with Gasteiger partial charge in [-0.3, -0.25) is 0 Å². The lowest BCUT2D eigenvalue weighted by molar-refractivity contribution is 0.349. The summed E-state index contributed by atoms with van der Waals surface area (Å²) in [6.45, 7) is 0. The van der Waals surface area contributed by atoms with Crippen molar-refractivity contribution in [2.75, 3.05) is 25.7 Å². The average Bonchev–Trinajstić information content (AvgIpc) is 2.76. The zero-order valence-electron chi connectivity index (χ0n) is 11.6. The summed E-state index contributed by atoms with van der Waals surface area (Å²) >= 11 is 0. The fraction of sp³-hybridized carbons (Fsp3) is 0.667. The topological polar surface area (TPSA) is 104 Å². The van der Waals surface area contributed by atoms with Crippen LogP contribution in [0.25, 0.3) is 0 Å². The van der Waals surface area contributed by atoms with E-state index in [-0.39, 0.29) is 17.4 Å². The van der Waals surface area contributed by atoms with Crippen LogP contribution in [0.3, 0.4) is 0 Å². The number of ether oxygens (including phenoxy) is 2. The minimum absolute atomic E-state index is 0.0728. The molecule has 20 heavy (non-hydrogen) atoms. The quantitative estimate of drug-likeness (QED) is 0.835. The summed E-state index contributed by atoms with van der Waals surface area (Å²) in [7, 11) is 0.0858. The number of hydrogen-bond acceptors (Lipinski definition) is 7. The standard InChI is InChI=1S/C12H19N3O4S/c1-18-10-6-14-11(12(15-10)19-2)9(13)5-8-3-4-20(16,17)7-8/h6,8-9H,3-5,7,13H2,1-2H3. The molecular formula is C12H19N3O4S. The van der Waals surface area contributed by atoms with Crippen molar-refractivity contribution in [3.05, 3.63) is 11.9 Å².